The van der Waals surface area contributed by atoms with Gasteiger partial charge in [-0.25, -0.2) is 0 Å². The Morgan fingerprint density at radius 2 is 1.89 bits per heavy atom. The van der Waals surface area contributed by atoms with E-state index in [-0.39, 0.29) is 5.91 Å². The lowest BCUT2D eigenvalue weighted by Gasteiger charge is -2.30. The van der Waals surface area contributed by atoms with E-state index in [2.05, 4.69) is 24.5 Å². The fraction of sp³-hybridized carbons (Fsp3) is 0.938. The molecule has 0 aromatic rings. The highest BCUT2D eigenvalue weighted by Crippen LogP contribution is 2.27. The predicted octanol–water partition coefficient (Wildman–Crippen LogP) is 2.71. The number of hydrogen-bond acceptors (Lipinski definition) is 2. The maximum Gasteiger partial charge on any atom is 0.221 e. The molecule has 2 aliphatic rings. The van der Waals surface area contributed by atoms with Crippen LogP contribution in [0.2, 0.25) is 0 Å². The van der Waals surface area contributed by atoms with E-state index in [1.165, 1.54) is 38.5 Å². The first-order valence-corrected chi connectivity index (χ1v) is 8.15. The van der Waals surface area contributed by atoms with Crippen LogP contribution in [0.5, 0.6) is 0 Å². The van der Waals surface area contributed by atoms with Gasteiger partial charge in [-0.1, -0.05) is 26.7 Å². The number of rotatable bonds is 4. The lowest BCUT2D eigenvalue weighted by molar-refractivity contribution is -0.122. The standard InChI is InChI=1S/C16H30N2O/c1-12-5-7-14(8-6-12)11-18-16(19)10-15-13(2)4-3-9-17-15/h12-15,17H,3-11H2,1-2H3,(H,18,19). The molecule has 2 fully saturated rings. The first kappa shape index (κ1) is 14.8. The van der Waals surface area contributed by atoms with Crippen LogP contribution >= 0.6 is 0 Å². The zero-order valence-corrected chi connectivity index (χ0v) is 12.6. The van der Waals surface area contributed by atoms with Crippen molar-refractivity contribution in [2.45, 2.75) is 64.8 Å². The number of carbonyl (C=O) groups excluding carboxylic acids is 1. The molecule has 0 spiro atoms. The summed E-state index contributed by atoms with van der Waals surface area (Å²) in [6.07, 6.45) is 8.41. The van der Waals surface area contributed by atoms with E-state index < -0.39 is 0 Å². The van der Waals surface area contributed by atoms with Crippen molar-refractivity contribution in [2.75, 3.05) is 13.1 Å². The number of amides is 1. The van der Waals surface area contributed by atoms with Crippen molar-refractivity contribution in [3.63, 3.8) is 0 Å². The van der Waals surface area contributed by atoms with Gasteiger partial charge in [0.15, 0.2) is 0 Å². The van der Waals surface area contributed by atoms with Crippen LogP contribution in [0.25, 0.3) is 0 Å². The minimum Gasteiger partial charge on any atom is -0.356 e. The molecule has 2 N–H and O–H groups in total. The molecule has 3 nitrogen and oxygen atoms in total. The molecular formula is C16H30N2O. The topological polar surface area (TPSA) is 41.1 Å². The van der Waals surface area contributed by atoms with Gasteiger partial charge in [-0.15, -0.1) is 0 Å². The Morgan fingerprint density at radius 1 is 1.16 bits per heavy atom. The number of nitrogens with one attached hydrogen (secondary N) is 2. The van der Waals surface area contributed by atoms with Gasteiger partial charge < -0.3 is 10.6 Å². The molecule has 19 heavy (non-hydrogen) atoms. The molecule has 0 radical (unpaired) electrons. The van der Waals surface area contributed by atoms with Crippen molar-refractivity contribution in [1.29, 1.82) is 0 Å². The molecule has 110 valence electrons. The minimum atomic E-state index is 0.241. The first-order valence-electron chi connectivity index (χ1n) is 8.15. The van der Waals surface area contributed by atoms with Gasteiger partial charge in [0, 0.05) is 19.0 Å². The molecule has 1 aliphatic heterocycles. The second-order valence-electron chi connectivity index (χ2n) is 6.81. The molecular weight excluding hydrogens is 236 g/mol. The van der Waals surface area contributed by atoms with Crippen LogP contribution < -0.4 is 10.6 Å². The molecule has 1 saturated heterocycles. The van der Waals surface area contributed by atoms with Gasteiger partial charge in [-0.3, -0.25) is 4.79 Å². The van der Waals surface area contributed by atoms with Crippen LogP contribution in [-0.4, -0.2) is 25.0 Å². The average molecular weight is 266 g/mol. The molecule has 1 aliphatic carbocycles. The van der Waals surface area contributed by atoms with E-state index in [1.807, 2.05) is 0 Å². The van der Waals surface area contributed by atoms with Crippen molar-refractivity contribution in [3.05, 3.63) is 0 Å². The smallest absolute Gasteiger partial charge is 0.221 e. The molecule has 2 unspecified atom stereocenters. The van der Waals surface area contributed by atoms with Gasteiger partial charge in [0.05, 0.1) is 0 Å². The van der Waals surface area contributed by atoms with E-state index in [0.717, 1.165) is 24.9 Å². The highest BCUT2D eigenvalue weighted by Gasteiger charge is 2.24. The van der Waals surface area contributed by atoms with Crippen molar-refractivity contribution in [1.82, 2.24) is 10.6 Å². The van der Waals surface area contributed by atoms with Gasteiger partial charge in [-0.2, -0.15) is 0 Å². The Hall–Kier alpha value is -0.570. The molecule has 0 aromatic carbocycles. The van der Waals surface area contributed by atoms with Crippen LogP contribution in [-0.2, 0) is 4.79 Å². The fourth-order valence-electron chi connectivity index (χ4n) is 3.45. The number of hydrogen-bond donors (Lipinski definition) is 2. The van der Waals surface area contributed by atoms with E-state index in [1.54, 1.807) is 0 Å². The van der Waals surface area contributed by atoms with E-state index in [0.29, 0.717) is 18.4 Å². The van der Waals surface area contributed by atoms with Gasteiger partial charge >= 0.3 is 0 Å². The molecule has 2 atom stereocenters. The van der Waals surface area contributed by atoms with Crippen LogP contribution in [0.15, 0.2) is 0 Å². The minimum absolute atomic E-state index is 0.241. The molecule has 1 saturated carbocycles. The summed E-state index contributed by atoms with van der Waals surface area (Å²) >= 11 is 0. The quantitative estimate of drug-likeness (QED) is 0.821. The molecule has 0 bridgehead atoms. The maximum atomic E-state index is 12.0. The Labute approximate surface area is 117 Å². The highest BCUT2D eigenvalue weighted by molar-refractivity contribution is 5.76. The third-order valence-electron chi connectivity index (χ3n) is 5.06. The maximum absolute atomic E-state index is 12.0. The van der Waals surface area contributed by atoms with Gasteiger partial charge in [-0.05, 0) is 50.0 Å². The lowest BCUT2D eigenvalue weighted by atomic mass is 9.83. The van der Waals surface area contributed by atoms with E-state index >= 15 is 0 Å². The zero-order chi connectivity index (χ0) is 13.7. The summed E-state index contributed by atoms with van der Waals surface area (Å²) in [7, 11) is 0. The second kappa shape index (κ2) is 7.28. The summed E-state index contributed by atoms with van der Waals surface area (Å²) in [5, 5.41) is 6.64. The summed E-state index contributed by atoms with van der Waals surface area (Å²) in [6, 6.07) is 0.389. The normalized spacial score (nSPS) is 35.9. The van der Waals surface area contributed by atoms with Gasteiger partial charge in [0.1, 0.15) is 0 Å². The fourth-order valence-corrected chi connectivity index (χ4v) is 3.45. The largest absolute Gasteiger partial charge is 0.356 e. The van der Waals surface area contributed by atoms with Crippen LogP contribution in [0.3, 0.4) is 0 Å². The lowest BCUT2D eigenvalue weighted by Crippen LogP contribution is -2.44. The van der Waals surface area contributed by atoms with Crippen molar-refractivity contribution >= 4 is 5.91 Å². The summed E-state index contributed by atoms with van der Waals surface area (Å²) in [4.78, 5) is 12.0. The molecule has 3 heteroatoms. The van der Waals surface area contributed by atoms with Crippen LogP contribution in [0, 0.1) is 17.8 Å². The van der Waals surface area contributed by atoms with Crippen LogP contribution in [0.1, 0.15) is 58.8 Å². The monoisotopic (exact) mass is 266 g/mol. The zero-order valence-electron chi connectivity index (χ0n) is 12.6. The summed E-state index contributed by atoms with van der Waals surface area (Å²) in [5.41, 5.74) is 0. The number of carbonyl (C=O) groups is 1. The molecule has 1 amide bonds. The van der Waals surface area contributed by atoms with Crippen molar-refractivity contribution in [2.24, 2.45) is 17.8 Å². The highest BCUT2D eigenvalue weighted by atomic mass is 16.1. The SMILES string of the molecule is CC1CCC(CNC(=O)CC2NCCCC2C)CC1. The van der Waals surface area contributed by atoms with Crippen molar-refractivity contribution < 1.29 is 4.79 Å². The summed E-state index contributed by atoms with van der Waals surface area (Å²) in [6.45, 7) is 6.56. The van der Waals surface area contributed by atoms with Gasteiger partial charge in [0.25, 0.3) is 0 Å². The molecule has 0 aromatic heterocycles. The Kier molecular flexibility index (Phi) is 5.68. The second-order valence-corrected chi connectivity index (χ2v) is 6.81. The van der Waals surface area contributed by atoms with Crippen molar-refractivity contribution in [3.8, 4) is 0 Å². The Bertz CT molecular complexity index is 284. The third kappa shape index (κ3) is 4.79. The van der Waals surface area contributed by atoms with Gasteiger partial charge in [0.2, 0.25) is 5.91 Å². The number of piperidine rings is 1. The Morgan fingerprint density at radius 3 is 2.58 bits per heavy atom. The molecule has 1 heterocycles. The summed E-state index contributed by atoms with van der Waals surface area (Å²) in [5.74, 6) is 2.48. The Balaban J connectivity index is 1.64. The molecule has 2 rings (SSSR count). The summed E-state index contributed by atoms with van der Waals surface area (Å²) < 4.78 is 0. The third-order valence-corrected chi connectivity index (χ3v) is 5.06. The average Bonchev–Trinajstić information content (AvgIpc) is 2.41. The predicted molar refractivity (Wildman–Crippen MR) is 78.9 cm³/mol. The van der Waals surface area contributed by atoms with E-state index in [9.17, 15) is 4.79 Å². The van der Waals surface area contributed by atoms with E-state index in [4.69, 9.17) is 0 Å². The van der Waals surface area contributed by atoms with Crippen LogP contribution in [0.4, 0.5) is 0 Å². The first-order chi connectivity index (χ1) is 9.15.